The molecule has 1 aromatic carbocycles. The van der Waals surface area contributed by atoms with E-state index in [2.05, 4.69) is 17.0 Å². The Labute approximate surface area is 109 Å². The Morgan fingerprint density at radius 3 is 2.28 bits per heavy atom. The summed E-state index contributed by atoms with van der Waals surface area (Å²) < 4.78 is 0. The Morgan fingerprint density at radius 2 is 1.72 bits per heavy atom. The molecule has 0 radical (unpaired) electrons. The summed E-state index contributed by atoms with van der Waals surface area (Å²) in [6.07, 6.45) is 6.07. The third-order valence-corrected chi connectivity index (χ3v) is 4.32. The van der Waals surface area contributed by atoms with E-state index in [0.29, 0.717) is 11.7 Å². The first-order chi connectivity index (χ1) is 8.83. The standard InChI is InChI=1S/C16H21NO/c18-16(14-4-3-5-14)15-8-6-13(7-9-15)12-17-10-1-2-11-17/h6-9,14H,1-5,10-12H2. The summed E-state index contributed by atoms with van der Waals surface area (Å²) in [6, 6.07) is 8.30. The van der Waals surface area contributed by atoms with Crippen LogP contribution in [0.1, 0.15) is 48.0 Å². The van der Waals surface area contributed by atoms with Crippen LogP contribution < -0.4 is 0 Å². The first-order valence-corrected chi connectivity index (χ1v) is 7.18. The van der Waals surface area contributed by atoms with Crippen LogP contribution in [0.15, 0.2) is 24.3 Å². The van der Waals surface area contributed by atoms with Crippen molar-refractivity contribution >= 4 is 5.78 Å². The van der Waals surface area contributed by atoms with Crippen LogP contribution in [0.4, 0.5) is 0 Å². The highest BCUT2D eigenvalue weighted by Gasteiger charge is 2.25. The molecule has 0 N–H and O–H groups in total. The molecule has 0 spiro atoms. The van der Waals surface area contributed by atoms with Crippen LogP contribution in [0.25, 0.3) is 0 Å². The molecule has 0 amide bonds. The zero-order chi connectivity index (χ0) is 12.4. The molecule has 1 saturated carbocycles. The largest absolute Gasteiger partial charge is 0.299 e. The number of ketones is 1. The molecule has 18 heavy (non-hydrogen) atoms. The normalized spacial score (nSPS) is 20.9. The highest BCUT2D eigenvalue weighted by atomic mass is 16.1. The van der Waals surface area contributed by atoms with Crippen molar-refractivity contribution in [2.45, 2.75) is 38.6 Å². The average Bonchev–Trinajstić information content (AvgIpc) is 2.80. The van der Waals surface area contributed by atoms with Gasteiger partial charge in [0.05, 0.1) is 0 Å². The minimum atomic E-state index is 0.314. The maximum atomic E-state index is 12.1. The Balaban J connectivity index is 1.62. The van der Waals surface area contributed by atoms with Crippen molar-refractivity contribution in [2.24, 2.45) is 5.92 Å². The Morgan fingerprint density at radius 1 is 1.06 bits per heavy atom. The molecule has 1 saturated heterocycles. The molecule has 1 aliphatic heterocycles. The van der Waals surface area contributed by atoms with Gasteiger partial charge in [0, 0.05) is 18.0 Å². The monoisotopic (exact) mass is 243 g/mol. The lowest BCUT2D eigenvalue weighted by atomic mass is 9.80. The summed E-state index contributed by atoms with van der Waals surface area (Å²) in [5, 5.41) is 0. The van der Waals surface area contributed by atoms with Gasteiger partial charge in [-0.15, -0.1) is 0 Å². The molecule has 2 aliphatic rings. The van der Waals surface area contributed by atoms with Crippen molar-refractivity contribution in [2.75, 3.05) is 13.1 Å². The molecule has 0 aromatic heterocycles. The number of carbonyl (C=O) groups excluding carboxylic acids is 1. The number of carbonyl (C=O) groups is 1. The van der Waals surface area contributed by atoms with E-state index in [9.17, 15) is 4.79 Å². The minimum absolute atomic E-state index is 0.314. The third-order valence-electron chi connectivity index (χ3n) is 4.32. The summed E-state index contributed by atoms with van der Waals surface area (Å²) in [4.78, 5) is 14.6. The molecule has 0 unspecified atom stereocenters. The molecule has 2 fully saturated rings. The van der Waals surface area contributed by atoms with Gasteiger partial charge in [0.1, 0.15) is 0 Å². The summed E-state index contributed by atoms with van der Waals surface area (Å²) in [7, 11) is 0. The van der Waals surface area contributed by atoms with E-state index in [0.717, 1.165) is 24.9 Å². The van der Waals surface area contributed by atoms with Crippen LogP contribution in [-0.4, -0.2) is 23.8 Å². The molecular weight excluding hydrogens is 222 g/mol. The lowest BCUT2D eigenvalue weighted by Gasteiger charge is -2.23. The molecule has 1 aliphatic carbocycles. The van der Waals surface area contributed by atoms with Gasteiger partial charge in [-0.2, -0.15) is 0 Å². The molecule has 2 heteroatoms. The number of nitrogens with zero attached hydrogens (tertiary/aromatic N) is 1. The van der Waals surface area contributed by atoms with Gasteiger partial charge in [0.2, 0.25) is 0 Å². The fourth-order valence-corrected chi connectivity index (χ4v) is 2.88. The smallest absolute Gasteiger partial charge is 0.165 e. The van der Waals surface area contributed by atoms with Crippen LogP contribution in [0, 0.1) is 5.92 Å². The van der Waals surface area contributed by atoms with Gasteiger partial charge in [-0.25, -0.2) is 0 Å². The van der Waals surface area contributed by atoms with Gasteiger partial charge in [0.25, 0.3) is 0 Å². The zero-order valence-electron chi connectivity index (χ0n) is 10.9. The second kappa shape index (κ2) is 5.23. The first-order valence-electron chi connectivity index (χ1n) is 7.18. The van der Waals surface area contributed by atoms with Crippen molar-refractivity contribution in [1.29, 1.82) is 0 Å². The van der Waals surface area contributed by atoms with E-state index >= 15 is 0 Å². The zero-order valence-corrected chi connectivity index (χ0v) is 10.9. The lowest BCUT2D eigenvalue weighted by molar-refractivity contribution is 0.0855. The molecular formula is C16H21NO. The highest BCUT2D eigenvalue weighted by molar-refractivity contribution is 5.98. The van der Waals surface area contributed by atoms with Gasteiger partial charge in [-0.1, -0.05) is 30.7 Å². The van der Waals surface area contributed by atoms with Crippen molar-refractivity contribution in [3.63, 3.8) is 0 Å². The van der Waals surface area contributed by atoms with Gasteiger partial charge < -0.3 is 0 Å². The quantitative estimate of drug-likeness (QED) is 0.756. The maximum Gasteiger partial charge on any atom is 0.165 e. The van der Waals surface area contributed by atoms with E-state index in [1.54, 1.807) is 0 Å². The Bertz CT molecular complexity index is 413. The summed E-state index contributed by atoms with van der Waals surface area (Å²) in [6.45, 7) is 3.49. The molecule has 1 aromatic rings. The number of Topliss-reactive ketones (excluding diaryl/α,β-unsaturated/α-hetero) is 1. The molecule has 1 heterocycles. The molecule has 96 valence electrons. The summed E-state index contributed by atoms with van der Waals surface area (Å²) >= 11 is 0. The topological polar surface area (TPSA) is 20.3 Å². The van der Waals surface area contributed by atoms with Crippen molar-refractivity contribution in [3.8, 4) is 0 Å². The average molecular weight is 243 g/mol. The van der Waals surface area contributed by atoms with Crippen LogP contribution in [0.5, 0.6) is 0 Å². The van der Waals surface area contributed by atoms with E-state index in [1.165, 1.54) is 37.9 Å². The molecule has 2 nitrogen and oxygen atoms in total. The molecule has 0 atom stereocenters. The summed E-state index contributed by atoms with van der Waals surface area (Å²) in [5.74, 6) is 0.670. The number of benzene rings is 1. The van der Waals surface area contributed by atoms with Crippen molar-refractivity contribution in [3.05, 3.63) is 35.4 Å². The van der Waals surface area contributed by atoms with Crippen LogP contribution in [0.2, 0.25) is 0 Å². The van der Waals surface area contributed by atoms with Gasteiger partial charge in [-0.05, 0) is 44.3 Å². The van der Waals surface area contributed by atoms with E-state index in [1.807, 2.05) is 12.1 Å². The second-order valence-corrected chi connectivity index (χ2v) is 5.67. The number of rotatable bonds is 4. The van der Waals surface area contributed by atoms with Crippen molar-refractivity contribution in [1.82, 2.24) is 4.90 Å². The Hall–Kier alpha value is -1.15. The van der Waals surface area contributed by atoms with Crippen LogP contribution in [-0.2, 0) is 6.54 Å². The van der Waals surface area contributed by atoms with E-state index < -0.39 is 0 Å². The number of hydrogen-bond donors (Lipinski definition) is 0. The lowest BCUT2D eigenvalue weighted by Crippen LogP contribution is -2.22. The number of likely N-dealkylation sites (tertiary alicyclic amines) is 1. The van der Waals surface area contributed by atoms with Gasteiger partial charge in [-0.3, -0.25) is 9.69 Å². The minimum Gasteiger partial charge on any atom is -0.299 e. The van der Waals surface area contributed by atoms with E-state index in [4.69, 9.17) is 0 Å². The van der Waals surface area contributed by atoms with Crippen molar-refractivity contribution < 1.29 is 4.79 Å². The molecule has 3 rings (SSSR count). The van der Waals surface area contributed by atoms with Crippen LogP contribution >= 0.6 is 0 Å². The van der Waals surface area contributed by atoms with Crippen LogP contribution in [0.3, 0.4) is 0 Å². The SMILES string of the molecule is O=C(c1ccc(CN2CCCC2)cc1)C1CCC1. The first kappa shape index (κ1) is 11.9. The second-order valence-electron chi connectivity index (χ2n) is 5.67. The maximum absolute atomic E-state index is 12.1. The molecule has 0 bridgehead atoms. The van der Waals surface area contributed by atoms with Gasteiger partial charge >= 0.3 is 0 Å². The Kier molecular flexibility index (Phi) is 3.46. The highest BCUT2D eigenvalue weighted by Crippen LogP contribution is 2.29. The number of hydrogen-bond acceptors (Lipinski definition) is 2. The third kappa shape index (κ3) is 2.49. The van der Waals surface area contributed by atoms with Gasteiger partial charge in [0.15, 0.2) is 5.78 Å². The predicted molar refractivity (Wildman–Crippen MR) is 72.6 cm³/mol. The summed E-state index contributed by atoms with van der Waals surface area (Å²) in [5.41, 5.74) is 2.24. The fraction of sp³-hybridized carbons (Fsp3) is 0.562. The predicted octanol–water partition coefficient (Wildman–Crippen LogP) is 3.27. The van der Waals surface area contributed by atoms with E-state index in [-0.39, 0.29) is 0 Å². The fourth-order valence-electron chi connectivity index (χ4n) is 2.88.